The van der Waals surface area contributed by atoms with Gasteiger partial charge in [0, 0.05) is 25.6 Å². The number of hydrogen-bond acceptors (Lipinski definition) is 4. The van der Waals surface area contributed by atoms with Crippen LogP contribution in [0, 0.1) is 5.41 Å². The van der Waals surface area contributed by atoms with Gasteiger partial charge in [0.05, 0.1) is 17.7 Å². The van der Waals surface area contributed by atoms with Crippen molar-refractivity contribution in [3.63, 3.8) is 0 Å². The molecule has 0 unspecified atom stereocenters. The molecule has 2 heterocycles. The van der Waals surface area contributed by atoms with Crippen LogP contribution in [0.2, 0.25) is 5.04 Å². The summed E-state index contributed by atoms with van der Waals surface area (Å²) >= 11 is 0. The van der Waals surface area contributed by atoms with Gasteiger partial charge in [-0.2, -0.15) is 13.2 Å². The molecule has 0 bridgehead atoms. The van der Waals surface area contributed by atoms with Crippen molar-refractivity contribution in [3.05, 3.63) is 60.7 Å². The molecule has 3 fully saturated rings. The molecule has 8 nitrogen and oxygen atoms in total. The molecule has 1 spiro atoms. The van der Waals surface area contributed by atoms with E-state index in [9.17, 15) is 27.9 Å². The average molecular weight is 688 g/mol. The van der Waals surface area contributed by atoms with E-state index >= 15 is 4.79 Å². The predicted octanol–water partition coefficient (Wildman–Crippen LogP) is 5.64. The van der Waals surface area contributed by atoms with E-state index in [1.165, 1.54) is 9.80 Å². The lowest BCUT2D eigenvalue weighted by molar-refractivity contribution is -0.194. The second-order valence-electron chi connectivity index (χ2n) is 16.3. The second kappa shape index (κ2) is 11.6. The van der Waals surface area contributed by atoms with Gasteiger partial charge >= 0.3 is 18.2 Å². The van der Waals surface area contributed by atoms with E-state index in [2.05, 4.69) is 45.0 Å². The SMILES string of the molecule is C[C@H]1CN(C(=O)C(F)(F)F)C2(CC2)CN1C(=O)[C@@]1(C(C)(C)C)C[C@](C)(O[Si](c2ccccc2)(c2ccccc2)C(C)(C)C)CN1C(=O)O. The van der Waals surface area contributed by atoms with E-state index in [1.54, 1.807) is 6.92 Å². The lowest BCUT2D eigenvalue weighted by atomic mass is 9.69. The minimum atomic E-state index is -5.03. The fourth-order valence-corrected chi connectivity index (χ4v) is 13.1. The Kier molecular flexibility index (Phi) is 8.68. The predicted molar refractivity (Wildman–Crippen MR) is 180 cm³/mol. The molecule has 1 aliphatic carbocycles. The molecule has 5 rings (SSSR count). The molecule has 0 radical (unpaired) electrons. The van der Waals surface area contributed by atoms with Gasteiger partial charge in [0.1, 0.15) is 5.54 Å². The second-order valence-corrected chi connectivity index (χ2v) is 20.5. The Labute approximate surface area is 282 Å². The van der Waals surface area contributed by atoms with Crippen molar-refractivity contribution in [1.29, 1.82) is 0 Å². The van der Waals surface area contributed by atoms with Crippen LogP contribution in [0.15, 0.2) is 60.7 Å². The molecule has 48 heavy (non-hydrogen) atoms. The lowest BCUT2D eigenvalue weighted by Gasteiger charge is -2.53. The number of nitrogens with zero attached hydrogens (tertiary/aromatic N) is 3. The molecule has 2 aromatic rings. The first-order valence-corrected chi connectivity index (χ1v) is 18.5. The van der Waals surface area contributed by atoms with Gasteiger partial charge in [-0.05, 0) is 47.5 Å². The minimum absolute atomic E-state index is 0.0422. The van der Waals surface area contributed by atoms with E-state index < -0.39 is 65.6 Å². The normalized spacial score (nSPS) is 26.1. The molecular weight excluding hydrogens is 639 g/mol. The summed E-state index contributed by atoms with van der Waals surface area (Å²) in [4.78, 5) is 44.4. The van der Waals surface area contributed by atoms with E-state index in [-0.39, 0.29) is 26.1 Å². The highest BCUT2D eigenvalue weighted by atomic mass is 28.4. The fourth-order valence-electron chi connectivity index (χ4n) is 8.31. The summed E-state index contributed by atoms with van der Waals surface area (Å²) in [6.45, 7) is 14.9. The van der Waals surface area contributed by atoms with E-state index in [0.29, 0.717) is 12.8 Å². The smallest absolute Gasteiger partial charge is 0.465 e. The maximum absolute atomic E-state index is 15.1. The van der Waals surface area contributed by atoms with Crippen LogP contribution in [0.4, 0.5) is 18.0 Å². The van der Waals surface area contributed by atoms with Crippen molar-refractivity contribution in [1.82, 2.24) is 14.7 Å². The summed E-state index contributed by atoms with van der Waals surface area (Å²) in [6.07, 6.45) is -5.58. The zero-order valence-electron chi connectivity index (χ0n) is 29.1. The summed E-state index contributed by atoms with van der Waals surface area (Å²) in [5.74, 6) is -2.37. The molecule has 2 saturated heterocycles. The number of benzene rings is 2. The van der Waals surface area contributed by atoms with Crippen LogP contribution in [0.5, 0.6) is 0 Å². The number of halogens is 3. The Bertz CT molecular complexity index is 1510. The number of carbonyl (C=O) groups is 3. The highest BCUT2D eigenvalue weighted by molar-refractivity contribution is 6.99. The van der Waals surface area contributed by atoms with Crippen molar-refractivity contribution in [2.75, 3.05) is 19.6 Å². The molecule has 12 heteroatoms. The molecule has 2 aromatic carbocycles. The highest BCUT2D eigenvalue weighted by Crippen LogP contribution is 2.54. The van der Waals surface area contributed by atoms with Gasteiger partial charge < -0.3 is 19.3 Å². The third-order valence-electron chi connectivity index (χ3n) is 10.8. The largest absolute Gasteiger partial charge is 0.471 e. The zero-order valence-corrected chi connectivity index (χ0v) is 30.1. The van der Waals surface area contributed by atoms with Crippen LogP contribution in [0.1, 0.15) is 74.7 Å². The summed E-state index contributed by atoms with van der Waals surface area (Å²) < 4.78 is 48.3. The number of carbonyl (C=O) groups excluding carboxylic acids is 2. The first kappa shape index (κ1) is 35.9. The molecule has 2 aliphatic heterocycles. The van der Waals surface area contributed by atoms with Crippen LogP contribution in [-0.4, -0.2) is 94.6 Å². The monoisotopic (exact) mass is 687 g/mol. The Morgan fingerprint density at radius 1 is 0.854 bits per heavy atom. The molecule has 1 saturated carbocycles. The van der Waals surface area contributed by atoms with Gasteiger partial charge in [-0.1, -0.05) is 102 Å². The van der Waals surface area contributed by atoms with Crippen molar-refractivity contribution >= 4 is 36.6 Å². The summed E-state index contributed by atoms with van der Waals surface area (Å²) in [5.41, 5.74) is -4.79. The van der Waals surface area contributed by atoms with Gasteiger partial charge in [-0.25, -0.2) is 4.79 Å². The maximum atomic E-state index is 15.1. The molecule has 3 aliphatic rings. The maximum Gasteiger partial charge on any atom is 0.471 e. The number of carboxylic acid groups (broad SMARTS) is 1. The van der Waals surface area contributed by atoms with Gasteiger partial charge in [0.2, 0.25) is 5.91 Å². The Morgan fingerprint density at radius 2 is 1.35 bits per heavy atom. The van der Waals surface area contributed by atoms with Crippen LogP contribution in [0.25, 0.3) is 0 Å². The van der Waals surface area contributed by atoms with Crippen molar-refractivity contribution in [2.24, 2.45) is 5.41 Å². The van der Waals surface area contributed by atoms with Gasteiger partial charge in [0.15, 0.2) is 0 Å². The first-order chi connectivity index (χ1) is 22.0. The average Bonchev–Trinajstić information content (AvgIpc) is 3.68. The van der Waals surface area contributed by atoms with Crippen molar-refractivity contribution in [2.45, 2.75) is 109 Å². The summed E-state index contributed by atoms with van der Waals surface area (Å²) in [7, 11) is -3.21. The number of alkyl halides is 3. The van der Waals surface area contributed by atoms with Gasteiger partial charge in [-0.3, -0.25) is 14.5 Å². The topological polar surface area (TPSA) is 90.4 Å². The Hall–Kier alpha value is -3.38. The molecule has 1 N–H and O–H groups in total. The first-order valence-electron chi connectivity index (χ1n) is 16.6. The zero-order chi connectivity index (χ0) is 35.7. The third-order valence-corrected chi connectivity index (χ3v) is 16.0. The molecule has 0 aromatic heterocycles. The Balaban J connectivity index is 1.61. The van der Waals surface area contributed by atoms with Gasteiger partial charge in [-0.15, -0.1) is 0 Å². The quantitative estimate of drug-likeness (QED) is 0.411. The van der Waals surface area contributed by atoms with Crippen molar-refractivity contribution in [3.8, 4) is 0 Å². The van der Waals surface area contributed by atoms with Crippen LogP contribution >= 0.6 is 0 Å². The van der Waals surface area contributed by atoms with Gasteiger partial charge in [0.25, 0.3) is 8.32 Å². The number of likely N-dealkylation sites (tertiary alicyclic amines) is 1. The highest BCUT2D eigenvalue weighted by Gasteiger charge is 2.69. The molecular formula is C36H48F3N3O5Si. The molecule has 3 atom stereocenters. The van der Waals surface area contributed by atoms with Crippen LogP contribution in [-0.2, 0) is 14.0 Å². The van der Waals surface area contributed by atoms with Crippen LogP contribution in [0.3, 0.4) is 0 Å². The van der Waals surface area contributed by atoms with E-state index in [1.807, 2.05) is 64.1 Å². The Morgan fingerprint density at radius 3 is 1.75 bits per heavy atom. The lowest BCUT2D eigenvalue weighted by Crippen LogP contribution is -2.71. The standard InChI is InChI=1S/C36H48F3N3O5Si/c1-25-21-41(29(44)36(37,38)39)34(19-20-34)24-40(25)28(43)35(31(2,3)4)22-33(8,23-42(35)30(45)46)47-48(32(5,6)7,26-15-11-9-12-16-26)27-17-13-10-14-18-27/h9-18,25H,19-24H2,1-8H3,(H,45,46)/t25-,33-,35+/m0/s1. The molecule has 262 valence electrons. The number of hydrogen-bond donors (Lipinski definition) is 1. The van der Waals surface area contributed by atoms with Crippen LogP contribution < -0.4 is 10.4 Å². The number of rotatable bonds is 5. The van der Waals surface area contributed by atoms with E-state index in [4.69, 9.17) is 4.43 Å². The summed E-state index contributed by atoms with van der Waals surface area (Å²) in [5, 5.41) is 12.4. The third kappa shape index (κ3) is 5.72. The van der Waals surface area contributed by atoms with E-state index in [0.717, 1.165) is 15.3 Å². The molecule has 3 amide bonds. The number of amides is 3. The van der Waals surface area contributed by atoms with Crippen molar-refractivity contribution < 1.29 is 37.1 Å². The fraction of sp³-hybridized carbons (Fsp3) is 0.583. The minimum Gasteiger partial charge on any atom is -0.465 e. The summed E-state index contributed by atoms with van der Waals surface area (Å²) in [6, 6.07) is 19.2. The number of piperazine rings is 1.